The summed E-state index contributed by atoms with van der Waals surface area (Å²) in [5.41, 5.74) is 5.30. The van der Waals surface area contributed by atoms with Gasteiger partial charge in [0, 0.05) is 10.7 Å². The van der Waals surface area contributed by atoms with Crippen molar-refractivity contribution < 1.29 is 14.7 Å². The fraction of sp³-hybridized carbons (Fsp3) is 0.154. The number of carbonyl (C=O) groups is 2. The van der Waals surface area contributed by atoms with Crippen LogP contribution in [0, 0.1) is 0 Å². The average Bonchev–Trinajstić information content (AvgIpc) is 2.96. The quantitative estimate of drug-likeness (QED) is 0.643. The van der Waals surface area contributed by atoms with Gasteiger partial charge in [-0.25, -0.2) is 0 Å². The molecule has 0 saturated heterocycles. The second-order valence-electron chi connectivity index (χ2n) is 4.20. The molecule has 1 aromatic heterocycles. The lowest BCUT2D eigenvalue weighted by molar-refractivity contribution is 0.0842. The maximum atomic E-state index is 11.8. The Bertz CT molecular complexity index is 684. The number of aryl methyl sites for hydroxylation is 1. The van der Waals surface area contributed by atoms with Gasteiger partial charge in [-0.05, 0) is 30.7 Å². The monoisotopic (exact) mass is 308 g/mol. The van der Waals surface area contributed by atoms with Gasteiger partial charge in [-0.1, -0.05) is 18.5 Å². The molecule has 0 aliphatic heterocycles. The van der Waals surface area contributed by atoms with E-state index in [1.807, 2.05) is 6.92 Å². The summed E-state index contributed by atoms with van der Waals surface area (Å²) in [6, 6.07) is 5.61. The molecule has 7 nitrogen and oxygen atoms in total. The Morgan fingerprint density at radius 1 is 1.29 bits per heavy atom. The minimum Gasteiger partial charge on any atom is -0.507 e. The maximum absolute atomic E-state index is 11.8. The van der Waals surface area contributed by atoms with E-state index in [-0.39, 0.29) is 17.0 Å². The first-order chi connectivity index (χ1) is 10.0. The molecule has 0 bridgehead atoms. The summed E-state index contributed by atoms with van der Waals surface area (Å²) < 4.78 is 0. The van der Waals surface area contributed by atoms with Crippen LogP contribution in [-0.2, 0) is 6.42 Å². The van der Waals surface area contributed by atoms with Crippen molar-refractivity contribution in [3.8, 4) is 5.75 Å². The first-order valence-electron chi connectivity index (χ1n) is 6.14. The molecule has 8 heteroatoms. The molecular weight excluding hydrogens is 296 g/mol. The number of phenolic OH excluding ortho intramolecular Hbond substituents is 1. The number of nitrogens with zero attached hydrogens (tertiary/aromatic N) is 1. The van der Waals surface area contributed by atoms with E-state index in [4.69, 9.17) is 11.6 Å². The first-order valence-corrected chi connectivity index (χ1v) is 6.52. The highest BCUT2D eigenvalue weighted by molar-refractivity contribution is 6.31. The number of halogens is 1. The highest BCUT2D eigenvalue weighted by Gasteiger charge is 2.14. The summed E-state index contributed by atoms with van der Waals surface area (Å²) in [6.07, 6.45) is 0.711. The van der Waals surface area contributed by atoms with E-state index in [0.717, 1.165) is 5.69 Å². The number of phenols is 1. The number of aromatic nitrogens is 2. The van der Waals surface area contributed by atoms with Crippen LogP contribution in [0.25, 0.3) is 0 Å². The molecule has 21 heavy (non-hydrogen) atoms. The maximum Gasteiger partial charge on any atom is 0.290 e. The van der Waals surface area contributed by atoms with Crippen LogP contribution in [0.3, 0.4) is 0 Å². The molecule has 0 unspecified atom stereocenters. The normalized spacial score (nSPS) is 10.2. The number of carbonyl (C=O) groups excluding carboxylic acids is 2. The Kier molecular flexibility index (Phi) is 4.44. The van der Waals surface area contributed by atoms with Crippen molar-refractivity contribution in [2.45, 2.75) is 13.3 Å². The molecule has 2 amide bonds. The molecule has 0 radical (unpaired) electrons. The summed E-state index contributed by atoms with van der Waals surface area (Å²) in [5.74, 6) is -1.49. The van der Waals surface area contributed by atoms with Gasteiger partial charge in [-0.3, -0.25) is 25.5 Å². The van der Waals surface area contributed by atoms with E-state index >= 15 is 0 Å². The number of amides is 2. The van der Waals surface area contributed by atoms with Crippen LogP contribution in [-0.4, -0.2) is 27.1 Å². The number of hydrogen-bond acceptors (Lipinski definition) is 4. The summed E-state index contributed by atoms with van der Waals surface area (Å²) >= 11 is 5.75. The number of hydrazine groups is 1. The lowest BCUT2D eigenvalue weighted by atomic mass is 10.2. The highest BCUT2D eigenvalue weighted by atomic mass is 35.5. The van der Waals surface area contributed by atoms with Crippen LogP contribution >= 0.6 is 11.6 Å². The van der Waals surface area contributed by atoms with Gasteiger partial charge in [-0.15, -0.1) is 0 Å². The van der Waals surface area contributed by atoms with Crippen LogP contribution < -0.4 is 10.9 Å². The Balaban J connectivity index is 2.00. The predicted octanol–water partition coefficient (Wildman–Crippen LogP) is 1.41. The Labute approximate surface area is 125 Å². The first kappa shape index (κ1) is 14.9. The standard InChI is InChI=1S/C13H13ClN4O3/c1-2-8-6-10(16-15-8)13(21)18-17-12(20)9-5-7(14)3-4-11(9)19/h3-6,19H,2H2,1H3,(H,15,16)(H,17,20)(H,18,21). The number of aromatic amines is 1. The molecule has 0 fully saturated rings. The zero-order valence-electron chi connectivity index (χ0n) is 11.1. The summed E-state index contributed by atoms with van der Waals surface area (Å²) in [6.45, 7) is 1.92. The molecule has 0 aliphatic rings. The molecule has 0 spiro atoms. The van der Waals surface area contributed by atoms with Crippen LogP contribution in [0.2, 0.25) is 5.02 Å². The van der Waals surface area contributed by atoms with E-state index in [1.54, 1.807) is 6.07 Å². The van der Waals surface area contributed by atoms with E-state index in [2.05, 4.69) is 21.0 Å². The lowest BCUT2D eigenvalue weighted by Crippen LogP contribution is -2.41. The van der Waals surface area contributed by atoms with Gasteiger partial charge in [0.05, 0.1) is 5.56 Å². The van der Waals surface area contributed by atoms with Crippen LogP contribution in [0.15, 0.2) is 24.3 Å². The molecule has 2 aromatic rings. The Hall–Kier alpha value is -2.54. The third kappa shape index (κ3) is 3.51. The van der Waals surface area contributed by atoms with Crippen molar-refractivity contribution in [1.82, 2.24) is 21.0 Å². The van der Waals surface area contributed by atoms with Crippen molar-refractivity contribution in [1.29, 1.82) is 0 Å². The number of aromatic hydroxyl groups is 1. The number of rotatable bonds is 3. The molecule has 1 aromatic carbocycles. The summed E-state index contributed by atoms with van der Waals surface area (Å²) in [4.78, 5) is 23.6. The van der Waals surface area contributed by atoms with Crippen LogP contribution in [0.4, 0.5) is 0 Å². The van der Waals surface area contributed by atoms with Gasteiger partial charge in [0.15, 0.2) is 5.69 Å². The minimum atomic E-state index is -0.686. The topological polar surface area (TPSA) is 107 Å². The second-order valence-corrected chi connectivity index (χ2v) is 4.64. The zero-order chi connectivity index (χ0) is 15.4. The van der Waals surface area contributed by atoms with E-state index < -0.39 is 11.8 Å². The van der Waals surface area contributed by atoms with Crippen LogP contribution in [0.5, 0.6) is 5.75 Å². The van der Waals surface area contributed by atoms with E-state index in [9.17, 15) is 14.7 Å². The number of benzene rings is 1. The highest BCUT2D eigenvalue weighted by Crippen LogP contribution is 2.20. The van der Waals surface area contributed by atoms with Gasteiger partial charge >= 0.3 is 0 Å². The van der Waals surface area contributed by atoms with Gasteiger partial charge in [0.25, 0.3) is 11.8 Å². The molecule has 1 heterocycles. The lowest BCUT2D eigenvalue weighted by Gasteiger charge is -2.07. The Morgan fingerprint density at radius 2 is 2.00 bits per heavy atom. The molecule has 2 rings (SSSR count). The largest absolute Gasteiger partial charge is 0.507 e. The van der Waals surface area contributed by atoms with Gasteiger partial charge < -0.3 is 5.11 Å². The summed E-state index contributed by atoms with van der Waals surface area (Å²) in [7, 11) is 0. The molecule has 0 aliphatic carbocycles. The van der Waals surface area contributed by atoms with E-state index in [1.165, 1.54) is 18.2 Å². The van der Waals surface area contributed by atoms with Gasteiger partial charge in [-0.2, -0.15) is 5.10 Å². The minimum absolute atomic E-state index is 0.0425. The SMILES string of the molecule is CCc1cc(C(=O)NNC(=O)c2cc(Cl)ccc2O)n[nH]1. The fourth-order valence-electron chi connectivity index (χ4n) is 1.59. The molecule has 0 atom stereocenters. The molecular formula is C13H13ClN4O3. The van der Waals surface area contributed by atoms with Crippen molar-refractivity contribution >= 4 is 23.4 Å². The fourth-order valence-corrected chi connectivity index (χ4v) is 1.77. The second kappa shape index (κ2) is 6.27. The average molecular weight is 309 g/mol. The number of hydrogen-bond donors (Lipinski definition) is 4. The van der Waals surface area contributed by atoms with Crippen molar-refractivity contribution in [2.24, 2.45) is 0 Å². The van der Waals surface area contributed by atoms with Gasteiger partial charge in [0.1, 0.15) is 5.75 Å². The number of nitrogens with one attached hydrogen (secondary N) is 3. The predicted molar refractivity (Wildman–Crippen MR) is 76.0 cm³/mol. The molecule has 110 valence electrons. The number of H-pyrrole nitrogens is 1. The molecule has 4 N–H and O–H groups in total. The Morgan fingerprint density at radius 3 is 2.67 bits per heavy atom. The zero-order valence-corrected chi connectivity index (χ0v) is 11.9. The third-order valence-electron chi connectivity index (χ3n) is 2.74. The molecule has 0 saturated carbocycles. The van der Waals surface area contributed by atoms with Crippen molar-refractivity contribution in [3.05, 3.63) is 46.2 Å². The smallest absolute Gasteiger partial charge is 0.290 e. The van der Waals surface area contributed by atoms with Gasteiger partial charge in [0.2, 0.25) is 0 Å². The third-order valence-corrected chi connectivity index (χ3v) is 2.97. The van der Waals surface area contributed by atoms with Crippen LogP contribution in [0.1, 0.15) is 33.5 Å². The summed E-state index contributed by atoms with van der Waals surface area (Å²) in [5, 5.41) is 16.4. The van der Waals surface area contributed by atoms with Crippen molar-refractivity contribution in [3.63, 3.8) is 0 Å². The van der Waals surface area contributed by atoms with Crippen molar-refractivity contribution in [2.75, 3.05) is 0 Å². The van der Waals surface area contributed by atoms with E-state index in [0.29, 0.717) is 11.4 Å².